The highest BCUT2D eigenvalue weighted by Crippen LogP contribution is 2.22. The van der Waals surface area contributed by atoms with Crippen LogP contribution in [0.3, 0.4) is 0 Å². The van der Waals surface area contributed by atoms with Crippen molar-refractivity contribution in [1.82, 2.24) is 19.7 Å². The van der Waals surface area contributed by atoms with Crippen molar-refractivity contribution in [3.05, 3.63) is 45.4 Å². The van der Waals surface area contributed by atoms with E-state index in [1.165, 1.54) is 11.3 Å². The Hall–Kier alpha value is -2.45. The molecule has 7 nitrogen and oxygen atoms in total. The van der Waals surface area contributed by atoms with E-state index in [1.54, 1.807) is 19.0 Å². The Morgan fingerprint density at radius 1 is 1.13 bits per heavy atom. The Kier molecular flexibility index (Phi) is 7.10. The molecule has 162 valence electrons. The van der Waals surface area contributed by atoms with Crippen molar-refractivity contribution in [2.45, 2.75) is 33.4 Å². The number of carbonyl (C=O) groups excluding carboxylic acids is 2. The number of amides is 2. The van der Waals surface area contributed by atoms with Gasteiger partial charge < -0.3 is 14.5 Å². The van der Waals surface area contributed by atoms with E-state index in [-0.39, 0.29) is 17.9 Å². The van der Waals surface area contributed by atoms with Gasteiger partial charge in [0.15, 0.2) is 0 Å². The number of aromatic nitrogens is 1. The second-order valence-corrected chi connectivity index (χ2v) is 9.06. The van der Waals surface area contributed by atoms with Gasteiger partial charge in [-0.1, -0.05) is 0 Å². The molecule has 3 rings (SSSR count). The van der Waals surface area contributed by atoms with Crippen molar-refractivity contribution < 1.29 is 14.3 Å². The van der Waals surface area contributed by atoms with Gasteiger partial charge >= 0.3 is 0 Å². The fourth-order valence-corrected chi connectivity index (χ4v) is 4.48. The van der Waals surface area contributed by atoms with E-state index in [0.29, 0.717) is 30.1 Å². The van der Waals surface area contributed by atoms with Gasteiger partial charge in [0.05, 0.1) is 18.3 Å². The summed E-state index contributed by atoms with van der Waals surface area (Å²) in [5, 5.41) is 0.943. The zero-order valence-corrected chi connectivity index (χ0v) is 19.2. The van der Waals surface area contributed by atoms with E-state index < -0.39 is 0 Å². The summed E-state index contributed by atoms with van der Waals surface area (Å²) in [6.07, 6.45) is 0.110. The smallest absolute Gasteiger partial charge is 0.265 e. The van der Waals surface area contributed by atoms with Gasteiger partial charge in [-0.3, -0.25) is 14.5 Å². The number of ether oxygens (including phenoxy) is 1. The minimum atomic E-state index is -0.00326. The molecule has 0 N–H and O–H groups in total. The van der Waals surface area contributed by atoms with Gasteiger partial charge in [0.2, 0.25) is 0 Å². The van der Waals surface area contributed by atoms with Gasteiger partial charge in [-0.15, -0.1) is 11.3 Å². The summed E-state index contributed by atoms with van der Waals surface area (Å²) in [5.74, 6) is 0.823. The minimum absolute atomic E-state index is 0.00326. The maximum Gasteiger partial charge on any atom is 0.265 e. The Labute approximate surface area is 182 Å². The molecule has 8 heteroatoms. The first-order valence-electron chi connectivity index (χ1n) is 10.2. The predicted octanol–water partition coefficient (Wildman–Crippen LogP) is 2.90. The highest BCUT2D eigenvalue weighted by atomic mass is 32.1. The van der Waals surface area contributed by atoms with Crippen molar-refractivity contribution in [3.63, 3.8) is 0 Å². The van der Waals surface area contributed by atoms with Crippen molar-refractivity contribution in [3.8, 4) is 5.75 Å². The molecule has 2 aromatic rings. The summed E-state index contributed by atoms with van der Waals surface area (Å²) in [6, 6.07) is 7.35. The average molecular weight is 431 g/mol. The normalized spacial score (nSPS) is 14.8. The van der Waals surface area contributed by atoms with Crippen molar-refractivity contribution in [2.75, 3.05) is 40.3 Å². The number of piperazine rings is 1. The first-order chi connectivity index (χ1) is 14.2. The van der Waals surface area contributed by atoms with Gasteiger partial charge in [-0.25, -0.2) is 4.98 Å². The summed E-state index contributed by atoms with van der Waals surface area (Å²) in [5.41, 5.74) is 1.47. The van der Waals surface area contributed by atoms with Crippen LogP contribution < -0.4 is 4.74 Å². The third-order valence-corrected chi connectivity index (χ3v) is 6.06. The second kappa shape index (κ2) is 9.57. The second-order valence-electron chi connectivity index (χ2n) is 7.98. The molecular formula is C22H30N4O3S. The summed E-state index contributed by atoms with van der Waals surface area (Å²) in [4.78, 5) is 36.1. The summed E-state index contributed by atoms with van der Waals surface area (Å²) in [6.45, 7) is 9.47. The van der Waals surface area contributed by atoms with Crippen molar-refractivity contribution >= 4 is 23.2 Å². The molecule has 0 radical (unpaired) electrons. The van der Waals surface area contributed by atoms with Crippen LogP contribution in [0.1, 0.15) is 44.6 Å². The first kappa shape index (κ1) is 22.2. The number of aryl methyl sites for hydroxylation is 1. The fraction of sp³-hybridized carbons (Fsp3) is 0.500. The van der Waals surface area contributed by atoms with Gasteiger partial charge in [0, 0.05) is 45.8 Å². The monoisotopic (exact) mass is 430 g/mol. The highest BCUT2D eigenvalue weighted by Gasteiger charge is 2.24. The van der Waals surface area contributed by atoms with E-state index >= 15 is 0 Å². The standard InChI is InChI=1S/C22H30N4O3S/c1-15(2)29-18-8-6-17(7-9-18)21(27)26-12-10-25(11-13-26)14-19-23-16(3)20(30-19)22(28)24(4)5/h6-9,15H,10-14H2,1-5H3. The number of nitrogens with zero attached hydrogens (tertiary/aromatic N) is 4. The van der Waals surface area contributed by atoms with Gasteiger partial charge in [-0.05, 0) is 45.0 Å². The van der Waals surface area contributed by atoms with Gasteiger partial charge in [-0.2, -0.15) is 0 Å². The Morgan fingerprint density at radius 3 is 2.33 bits per heavy atom. The number of benzene rings is 1. The van der Waals surface area contributed by atoms with Crippen LogP contribution in [0.2, 0.25) is 0 Å². The van der Waals surface area contributed by atoms with Gasteiger partial charge in [0.25, 0.3) is 11.8 Å². The van der Waals surface area contributed by atoms with Crippen molar-refractivity contribution in [2.24, 2.45) is 0 Å². The van der Waals surface area contributed by atoms with Gasteiger partial charge in [0.1, 0.15) is 15.6 Å². The molecule has 1 aliphatic heterocycles. The zero-order valence-electron chi connectivity index (χ0n) is 18.3. The fourth-order valence-electron chi connectivity index (χ4n) is 3.35. The molecule has 0 atom stereocenters. The van der Waals surface area contributed by atoms with E-state index in [2.05, 4.69) is 9.88 Å². The molecule has 0 bridgehead atoms. The molecule has 1 aliphatic rings. The Bertz CT molecular complexity index is 884. The van der Waals surface area contributed by atoms with Crippen LogP contribution in [0.15, 0.2) is 24.3 Å². The van der Waals surface area contributed by atoms with E-state index in [9.17, 15) is 9.59 Å². The maximum atomic E-state index is 12.8. The lowest BCUT2D eigenvalue weighted by Gasteiger charge is -2.34. The molecule has 0 saturated carbocycles. The SMILES string of the molecule is Cc1nc(CN2CCN(C(=O)c3ccc(OC(C)C)cc3)CC2)sc1C(=O)N(C)C. The van der Waals surface area contributed by atoms with E-state index in [1.807, 2.05) is 49.9 Å². The number of thiazole rings is 1. The van der Waals surface area contributed by atoms with Crippen LogP contribution in [-0.2, 0) is 6.54 Å². The number of carbonyl (C=O) groups is 2. The van der Waals surface area contributed by atoms with Crippen LogP contribution in [-0.4, -0.2) is 77.9 Å². The number of hydrogen-bond donors (Lipinski definition) is 0. The minimum Gasteiger partial charge on any atom is -0.491 e. The summed E-state index contributed by atoms with van der Waals surface area (Å²) >= 11 is 1.46. The molecule has 1 aromatic carbocycles. The molecule has 1 aromatic heterocycles. The van der Waals surface area contributed by atoms with E-state index in [4.69, 9.17) is 4.74 Å². The summed E-state index contributed by atoms with van der Waals surface area (Å²) in [7, 11) is 3.50. The third-order valence-electron chi connectivity index (χ3n) is 4.93. The molecule has 2 heterocycles. The quantitative estimate of drug-likeness (QED) is 0.705. The lowest BCUT2D eigenvalue weighted by atomic mass is 10.1. The van der Waals surface area contributed by atoms with E-state index in [0.717, 1.165) is 29.5 Å². The molecule has 1 saturated heterocycles. The predicted molar refractivity (Wildman–Crippen MR) is 118 cm³/mol. The maximum absolute atomic E-state index is 12.8. The Balaban J connectivity index is 1.54. The van der Waals surface area contributed by atoms with Crippen LogP contribution in [0, 0.1) is 6.92 Å². The molecule has 2 amide bonds. The molecular weight excluding hydrogens is 400 g/mol. The zero-order chi connectivity index (χ0) is 21.8. The molecule has 0 spiro atoms. The van der Waals surface area contributed by atoms with Crippen LogP contribution in [0.5, 0.6) is 5.75 Å². The number of hydrogen-bond acceptors (Lipinski definition) is 6. The molecule has 30 heavy (non-hydrogen) atoms. The van der Waals surface area contributed by atoms with Crippen LogP contribution in [0.25, 0.3) is 0 Å². The first-order valence-corrected chi connectivity index (χ1v) is 11.0. The third kappa shape index (κ3) is 5.37. The average Bonchev–Trinajstić information content (AvgIpc) is 3.07. The molecule has 0 aliphatic carbocycles. The molecule has 0 unspecified atom stereocenters. The largest absolute Gasteiger partial charge is 0.491 e. The van der Waals surface area contributed by atoms with Crippen LogP contribution in [0.4, 0.5) is 0 Å². The lowest BCUT2D eigenvalue weighted by molar-refractivity contribution is 0.0628. The molecule has 1 fully saturated rings. The lowest BCUT2D eigenvalue weighted by Crippen LogP contribution is -2.48. The summed E-state index contributed by atoms with van der Waals surface area (Å²) < 4.78 is 5.64. The Morgan fingerprint density at radius 2 is 1.77 bits per heavy atom. The highest BCUT2D eigenvalue weighted by molar-refractivity contribution is 7.13. The topological polar surface area (TPSA) is 66.0 Å². The van der Waals surface area contributed by atoms with Crippen molar-refractivity contribution in [1.29, 1.82) is 0 Å². The van der Waals surface area contributed by atoms with Crippen LogP contribution >= 0.6 is 11.3 Å². The number of rotatable bonds is 6.